The first-order valence-corrected chi connectivity index (χ1v) is 3.68. The van der Waals surface area contributed by atoms with Gasteiger partial charge in [-0.2, -0.15) is 0 Å². The molecule has 0 spiro atoms. The Kier molecular flexibility index (Phi) is 1.33. The summed E-state index contributed by atoms with van der Waals surface area (Å²) < 4.78 is 0. The van der Waals surface area contributed by atoms with Crippen LogP contribution in [0.1, 0.15) is 15.9 Å². The van der Waals surface area contributed by atoms with E-state index >= 15 is 0 Å². The van der Waals surface area contributed by atoms with E-state index in [0.717, 1.165) is 5.56 Å². The molecule has 0 fully saturated rings. The second-order valence-corrected chi connectivity index (χ2v) is 2.81. The average molecular weight is 165 g/mol. The van der Waals surface area contributed by atoms with Crippen molar-refractivity contribution in [2.75, 3.05) is 0 Å². The maximum atomic E-state index is 11.1. The van der Waals surface area contributed by atoms with Gasteiger partial charge in [0.25, 0.3) is 0 Å². The molecule has 0 unspecified atom stereocenters. The Morgan fingerprint density at radius 1 is 1.18 bits per heavy atom. The first-order valence-electron chi connectivity index (χ1n) is 3.30. The fraction of sp³-hybridized carbons (Fsp3) is 0. The summed E-state index contributed by atoms with van der Waals surface area (Å²) in [7, 11) is 0. The van der Waals surface area contributed by atoms with E-state index in [1.54, 1.807) is 24.3 Å². The molecule has 0 heterocycles. The molecule has 1 aliphatic carbocycles. The molecule has 0 aromatic heterocycles. The number of ketones is 1. The Balaban J connectivity index is 2.74. The van der Waals surface area contributed by atoms with E-state index in [2.05, 4.69) is 0 Å². The molecule has 0 N–H and O–H groups in total. The summed E-state index contributed by atoms with van der Waals surface area (Å²) in [6, 6.07) is 5.35. The summed E-state index contributed by atoms with van der Waals surface area (Å²) in [4.78, 5) is 11.1. The maximum Gasteiger partial charge on any atom is 0.186 e. The highest BCUT2D eigenvalue weighted by Crippen LogP contribution is 2.26. The van der Waals surface area contributed by atoms with Crippen molar-refractivity contribution in [3.05, 3.63) is 40.4 Å². The lowest BCUT2D eigenvalue weighted by Gasteiger charge is -1.97. The second-order valence-electron chi connectivity index (χ2n) is 2.40. The Morgan fingerprint density at radius 3 is 2.73 bits per heavy atom. The second kappa shape index (κ2) is 2.21. The minimum absolute atomic E-state index is 0.0440. The number of benzene rings is 1. The van der Waals surface area contributed by atoms with E-state index in [-0.39, 0.29) is 5.78 Å². The molecular formula is C9H5ClO. The van der Waals surface area contributed by atoms with Crippen LogP contribution in [0.4, 0.5) is 0 Å². The normalized spacial score (nSPS) is 13.7. The van der Waals surface area contributed by atoms with Gasteiger partial charge in [-0.15, -0.1) is 0 Å². The lowest BCUT2D eigenvalue weighted by atomic mass is 10.1. The van der Waals surface area contributed by atoms with Crippen molar-refractivity contribution < 1.29 is 4.79 Å². The van der Waals surface area contributed by atoms with Crippen molar-refractivity contribution in [1.82, 2.24) is 0 Å². The number of allylic oxidation sites excluding steroid dienone is 1. The molecule has 1 aromatic carbocycles. The number of halogens is 1. The lowest BCUT2D eigenvalue weighted by molar-refractivity contribution is 0.105. The molecule has 0 aliphatic heterocycles. The molecule has 0 saturated heterocycles. The largest absolute Gasteiger partial charge is 0.289 e. The van der Waals surface area contributed by atoms with Crippen molar-refractivity contribution in [2.24, 2.45) is 0 Å². The summed E-state index contributed by atoms with van der Waals surface area (Å²) >= 11 is 5.83. The predicted octanol–water partition coefficient (Wildman–Crippen LogP) is 2.55. The number of rotatable bonds is 0. The van der Waals surface area contributed by atoms with Crippen molar-refractivity contribution in [1.29, 1.82) is 0 Å². The summed E-state index contributed by atoms with van der Waals surface area (Å²) in [5.41, 5.74) is 1.55. The Labute approximate surface area is 69.3 Å². The Morgan fingerprint density at radius 2 is 2.00 bits per heavy atom. The van der Waals surface area contributed by atoms with Gasteiger partial charge in [0.15, 0.2) is 5.78 Å². The molecule has 2 rings (SSSR count). The van der Waals surface area contributed by atoms with Crippen LogP contribution in [0, 0.1) is 0 Å². The minimum Gasteiger partial charge on any atom is -0.289 e. The van der Waals surface area contributed by atoms with Gasteiger partial charge >= 0.3 is 0 Å². The molecule has 1 nitrogen and oxygen atoms in total. The molecule has 11 heavy (non-hydrogen) atoms. The Bertz CT molecular complexity index is 353. The van der Waals surface area contributed by atoms with Crippen LogP contribution < -0.4 is 0 Å². The molecule has 54 valence electrons. The van der Waals surface area contributed by atoms with Crippen LogP contribution in [0.25, 0.3) is 6.08 Å². The molecule has 0 atom stereocenters. The van der Waals surface area contributed by atoms with Gasteiger partial charge in [-0.25, -0.2) is 0 Å². The summed E-state index contributed by atoms with van der Waals surface area (Å²) in [5, 5.41) is 0.643. The van der Waals surface area contributed by atoms with Crippen LogP contribution in [-0.2, 0) is 0 Å². The molecule has 0 amide bonds. The van der Waals surface area contributed by atoms with Crippen LogP contribution in [0.5, 0.6) is 0 Å². The van der Waals surface area contributed by atoms with Crippen LogP contribution in [0.3, 0.4) is 0 Å². The SMILES string of the molecule is O=C1C=Cc2c(Cl)cccc21. The monoisotopic (exact) mass is 164 g/mol. The van der Waals surface area contributed by atoms with Gasteiger partial charge in [0, 0.05) is 16.1 Å². The zero-order valence-electron chi connectivity index (χ0n) is 5.67. The van der Waals surface area contributed by atoms with Gasteiger partial charge in [0.05, 0.1) is 0 Å². The molecule has 0 radical (unpaired) electrons. The summed E-state index contributed by atoms with van der Waals surface area (Å²) in [5.74, 6) is 0.0440. The van der Waals surface area contributed by atoms with Crippen molar-refractivity contribution in [3.63, 3.8) is 0 Å². The highest BCUT2D eigenvalue weighted by Gasteiger charge is 2.14. The Hall–Kier alpha value is -1.08. The average Bonchev–Trinajstić information content (AvgIpc) is 2.35. The number of carbonyl (C=O) groups excluding carboxylic acids is 1. The van der Waals surface area contributed by atoms with Crippen LogP contribution in [0.2, 0.25) is 5.02 Å². The standard InChI is InChI=1S/C9H5ClO/c10-8-3-1-2-7-6(8)4-5-9(7)11/h1-5H. The van der Waals surface area contributed by atoms with Gasteiger partial charge in [-0.05, 0) is 18.2 Å². The van der Waals surface area contributed by atoms with Crippen LogP contribution in [0.15, 0.2) is 24.3 Å². The molecule has 0 saturated carbocycles. The third-order valence-corrected chi connectivity index (χ3v) is 2.05. The number of hydrogen-bond acceptors (Lipinski definition) is 1. The zero-order chi connectivity index (χ0) is 7.84. The first kappa shape index (κ1) is 6.62. The number of fused-ring (bicyclic) bond motifs is 1. The maximum absolute atomic E-state index is 11.1. The van der Waals surface area contributed by atoms with Gasteiger partial charge in [0.2, 0.25) is 0 Å². The van der Waals surface area contributed by atoms with Crippen LogP contribution >= 0.6 is 11.6 Å². The van der Waals surface area contributed by atoms with Crippen molar-refractivity contribution in [2.45, 2.75) is 0 Å². The summed E-state index contributed by atoms with van der Waals surface area (Å²) in [6.45, 7) is 0. The molecule has 1 aromatic rings. The van der Waals surface area contributed by atoms with Crippen LogP contribution in [-0.4, -0.2) is 5.78 Å². The first-order chi connectivity index (χ1) is 5.29. The van der Waals surface area contributed by atoms with Gasteiger partial charge < -0.3 is 0 Å². The van der Waals surface area contributed by atoms with Gasteiger partial charge in [-0.1, -0.05) is 23.7 Å². The third-order valence-electron chi connectivity index (χ3n) is 1.72. The summed E-state index contributed by atoms with van der Waals surface area (Å²) in [6.07, 6.45) is 3.29. The molecule has 0 bridgehead atoms. The van der Waals surface area contributed by atoms with Gasteiger partial charge in [-0.3, -0.25) is 4.79 Å². The zero-order valence-corrected chi connectivity index (χ0v) is 6.43. The van der Waals surface area contributed by atoms with E-state index in [1.165, 1.54) is 6.08 Å². The highest BCUT2D eigenvalue weighted by atomic mass is 35.5. The highest BCUT2D eigenvalue weighted by molar-refractivity contribution is 6.33. The van der Waals surface area contributed by atoms with E-state index in [0.29, 0.717) is 10.6 Å². The van der Waals surface area contributed by atoms with Crippen molar-refractivity contribution in [3.8, 4) is 0 Å². The number of carbonyl (C=O) groups is 1. The van der Waals surface area contributed by atoms with E-state index < -0.39 is 0 Å². The van der Waals surface area contributed by atoms with E-state index in [1.807, 2.05) is 0 Å². The topological polar surface area (TPSA) is 17.1 Å². The van der Waals surface area contributed by atoms with Crippen molar-refractivity contribution >= 4 is 23.5 Å². The predicted molar refractivity (Wildman–Crippen MR) is 44.8 cm³/mol. The molecule has 2 heteroatoms. The lowest BCUT2D eigenvalue weighted by Crippen LogP contribution is -1.90. The minimum atomic E-state index is 0.0440. The van der Waals surface area contributed by atoms with E-state index in [4.69, 9.17) is 11.6 Å². The quantitative estimate of drug-likeness (QED) is 0.576. The number of hydrogen-bond donors (Lipinski definition) is 0. The molecule has 1 aliphatic rings. The fourth-order valence-electron chi connectivity index (χ4n) is 1.17. The fourth-order valence-corrected chi connectivity index (χ4v) is 1.41. The van der Waals surface area contributed by atoms with E-state index in [9.17, 15) is 4.79 Å². The molecular weight excluding hydrogens is 160 g/mol. The third kappa shape index (κ3) is 0.889. The van der Waals surface area contributed by atoms with Gasteiger partial charge in [0.1, 0.15) is 0 Å². The smallest absolute Gasteiger partial charge is 0.186 e.